The molecule has 0 aliphatic carbocycles. The number of fused-ring (bicyclic) bond motifs is 1. The highest BCUT2D eigenvalue weighted by molar-refractivity contribution is 7.59. The minimum atomic E-state index is -4.53. The average Bonchev–Trinajstić information content (AvgIpc) is 2.76. The molecule has 0 saturated carbocycles. The second-order valence-electron chi connectivity index (χ2n) is 3.65. The van der Waals surface area contributed by atoms with Crippen LogP contribution in [0.4, 0.5) is 0 Å². The van der Waals surface area contributed by atoms with Crippen LogP contribution in [0.5, 0.6) is 11.5 Å². The van der Waals surface area contributed by atoms with Gasteiger partial charge in [0.15, 0.2) is 22.6 Å². The largest absolute Gasteiger partial charge is 0.490 e. The zero-order chi connectivity index (χ0) is 14.0. The summed E-state index contributed by atoms with van der Waals surface area (Å²) in [5.74, 6) is 0.785. The Morgan fingerprint density at radius 3 is 2.53 bits per heavy atom. The van der Waals surface area contributed by atoms with Gasteiger partial charge in [0.05, 0.1) is 13.2 Å². The first kappa shape index (κ1) is 13.9. The van der Waals surface area contributed by atoms with Crippen molar-refractivity contribution in [2.24, 2.45) is 0 Å². The number of aromatic nitrogens is 1. The van der Waals surface area contributed by atoms with Crippen LogP contribution < -0.4 is 15.1 Å². The molecule has 0 aliphatic rings. The number of rotatable bonds is 5. The number of hydrogen-bond acceptors (Lipinski definition) is 5. The number of oxazole rings is 1. The van der Waals surface area contributed by atoms with Crippen molar-refractivity contribution in [2.45, 2.75) is 13.8 Å². The molecular weight excluding hydrogens is 273 g/mol. The molecule has 1 aromatic heterocycles. The Morgan fingerprint density at radius 1 is 1.26 bits per heavy atom. The zero-order valence-corrected chi connectivity index (χ0v) is 11.4. The Kier molecular flexibility index (Phi) is 3.80. The maximum absolute atomic E-state index is 11.1. The van der Waals surface area contributed by atoms with Crippen LogP contribution in [-0.2, 0) is 4.57 Å². The molecule has 0 unspecified atom stereocenters. The molecule has 1 aromatic carbocycles. The van der Waals surface area contributed by atoms with E-state index in [4.69, 9.17) is 23.7 Å². The zero-order valence-electron chi connectivity index (χ0n) is 10.5. The Hall–Kier alpha value is -1.56. The van der Waals surface area contributed by atoms with Gasteiger partial charge in [-0.2, -0.15) is 4.98 Å². The third-order valence-corrected chi connectivity index (χ3v) is 2.99. The van der Waals surface area contributed by atoms with Crippen LogP contribution >= 0.6 is 7.60 Å². The van der Waals surface area contributed by atoms with Crippen LogP contribution in [0.2, 0.25) is 0 Å². The van der Waals surface area contributed by atoms with Crippen LogP contribution in [-0.4, -0.2) is 28.0 Å². The van der Waals surface area contributed by atoms with Gasteiger partial charge in [-0.05, 0) is 26.0 Å². The molecule has 0 radical (unpaired) electrons. The van der Waals surface area contributed by atoms with Gasteiger partial charge in [-0.25, -0.2) is 4.57 Å². The summed E-state index contributed by atoms with van der Waals surface area (Å²) in [6.45, 7) is 4.43. The van der Waals surface area contributed by atoms with Crippen LogP contribution in [0.3, 0.4) is 0 Å². The molecule has 0 aliphatic heterocycles. The molecule has 104 valence electrons. The van der Waals surface area contributed by atoms with E-state index >= 15 is 0 Å². The fourth-order valence-electron chi connectivity index (χ4n) is 1.62. The lowest BCUT2D eigenvalue weighted by Gasteiger charge is -2.10. The lowest BCUT2D eigenvalue weighted by atomic mass is 10.3. The SMILES string of the molecule is CCOc1ccc2oc(P(=O)(O)O)nc2c1OCC. The number of nitrogens with zero attached hydrogens (tertiary/aromatic N) is 1. The van der Waals surface area contributed by atoms with E-state index in [9.17, 15) is 4.57 Å². The fourth-order valence-corrected chi connectivity index (χ4v) is 2.06. The second-order valence-corrected chi connectivity index (χ2v) is 5.12. The van der Waals surface area contributed by atoms with E-state index in [1.165, 1.54) is 6.07 Å². The van der Waals surface area contributed by atoms with Gasteiger partial charge >= 0.3 is 13.2 Å². The minimum Gasteiger partial charge on any atom is -0.490 e. The Morgan fingerprint density at radius 2 is 1.95 bits per heavy atom. The lowest BCUT2D eigenvalue weighted by Crippen LogP contribution is -2.04. The highest BCUT2D eigenvalue weighted by atomic mass is 31.2. The summed E-state index contributed by atoms with van der Waals surface area (Å²) in [7, 11) is -4.53. The highest BCUT2D eigenvalue weighted by Gasteiger charge is 2.27. The maximum atomic E-state index is 11.1. The molecule has 0 amide bonds. The van der Waals surface area contributed by atoms with E-state index in [1.54, 1.807) is 13.0 Å². The standard InChI is InChI=1S/C11H14NO6P/c1-3-16-8-6-5-7-9(10(8)17-4-2)12-11(18-7)19(13,14)15/h5-6H,3-4H2,1-2H3,(H2,13,14,15). The summed E-state index contributed by atoms with van der Waals surface area (Å²) < 4.78 is 27.0. The van der Waals surface area contributed by atoms with Gasteiger partial charge in [0.1, 0.15) is 0 Å². The van der Waals surface area contributed by atoms with Crippen LogP contribution in [0.15, 0.2) is 16.5 Å². The average molecular weight is 287 g/mol. The molecule has 19 heavy (non-hydrogen) atoms. The molecule has 0 spiro atoms. The van der Waals surface area contributed by atoms with Gasteiger partial charge in [-0.3, -0.25) is 0 Å². The summed E-state index contributed by atoms with van der Waals surface area (Å²) in [6, 6.07) is 3.15. The van der Waals surface area contributed by atoms with Crippen molar-refractivity contribution in [3.05, 3.63) is 12.1 Å². The Bertz CT molecular complexity index is 631. The normalized spacial score (nSPS) is 11.8. The van der Waals surface area contributed by atoms with Gasteiger partial charge in [0.25, 0.3) is 0 Å². The first-order chi connectivity index (χ1) is 8.97. The van der Waals surface area contributed by atoms with E-state index in [2.05, 4.69) is 4.98 Å². The minimum absolute atomic E-state index is 0.241. The molecular formula is C11H14NO6P. The fraction of sp³-hybridized carbons (Fsp3) is 0.364. The first-order valence-electron chi connectivity index (χ1n) is 5.72. The molecule has 0 bridgehead atoms. The van der Waals surface area contributed by atoms with E-state index in [0.29, 0.717) is 24.7 Å². The van der Waals surface area contributed by atoms with Crippen molar-refractivity contribution in [3.63, 3.8) is 0 Å². The number of hydrogen-bond donors (Lipinski definition) is 2. The van der Waals surface area contributed by atoms with E-state index in [1.807, 2.05) is 6.92 Å². The second kappa shape index (κ2) is 5.21. The monoisotopic (exact) mass is 287 g/mol. The lowest BCUT2D eigenvalue weighted by molar-refractivity contribution is 0.290. The summed E-state index contributed by atoms with van der Waals surface area (Å²) in [4.78, 5) is 21.9. The molecule has 0 saturated heterocycles. The van der Waals surface area contributed by atoms with E-state index in [-0.39, 0.29) is 11.1 Å². The van der Waals surface area contributed by atoms with E-state index < -0.39 is 13.2 Å². The van der Waals surface area contributed by atoms with Crippen LogP contribution in [0.1, 0.15) is 13.8 Å². The van der Waals surface area contributed by atoms with Crippen LogP contribution in [0, 0.1) is 0 Å². The summed E-state index contributed by atoms with van der Waals surface area (Å²) in [5.41, 5.74) is -0.145. The Balaban J connectivity index is 2.63. The summed E-state index contributed by atoms with van der Waals surface area (Å²) >= 11 is 0. The van der Waals surface area contributed by atoms with Crippen LogP contribution in [0.25, 0.3) is 11.1 Å². The molecule has 2 aromatic rings. The molecule has 0 fully saturated rings. The predicted octanol–water partition coefficient (Wildman–Crippen LogP) is 1.43. The van der Waals surface area contributed by atoms with Gasteiger partial charge < -0.3 is 23.7 Å². The number of ether oxygens (including phenoxy) is 2. The summed E-state index contributed by atoms with van der Waals surface area (Å²) in [5, 5.41) is 0. The van der Waals surface area contributed by atoms with Gasteiger partial charge in [0, 0.05) is 0 Å². The molecule has 7 nitrogen and oxygen atoms in total. The highest BCUT2D eigenvalue weighted by Crippen LogP contribution is 2.39. The van der Waals surface area contributed by atoms with Gasteiger partial charge in [-0.1, -0.05) is 0 Å². The quantitative estimate of drug-likeness (QED) is 0.802. The molecule has 2 rings (SSSR count). The van der Waals surface area contributed by atoms with Crippen molar-refractivity contribution in [1.82, 2.24) is 4.98 Å². The Labute approximate surface area is 109 Å². The van der Waals surface area contributed by atoms with Crippen molar-refractivity contribution in [1.29, 1.82) is 0 Å². The van der Waals surface area contributed by atoms with Crippen molar-refractivity contribution in [3.8, 4) is 11.5 Å². The van der Waals surface area contributed by atoms with Gasteiger partial charge in [-0.15, -0.1) is 0 Å². The molecule has 2 N–H and O–H groups in total. The third-order valence-electron chi connectivity index (χ3n) is 2.30. The predicted molar refractivity (Wildman–Crippen MR) is 68.0 cm³/mol. The topological polar surface area (TPSA) is 102 Å². The van der Waals surface area contributed by atoms with Crippen molar-refractivity contribution >= 4 is 24.3 Å². The maximum Gasteiger partial charge on any atom is 0.411 e. The third kappa shape index (κ3) is 2.73. The van der Waals surface area contributed by atoms with Crippen molar-refractivity contribution in [2.75, 3.05) is 13.2 Å². The molecule has 0 atom stereocenters. The number of benzene rings is 1. The van der Waals surface area contributed by atoms with E-state index in [0.717, 1.165) is 0 Å². The van der Waals surface area contributed by atoms with Crippen molar-refractivity contribution < 1.29 is 28.2 Å². The summed E-state index contributed by atoms with van der Waals surface area (Å²) in [6.07, 6.45) is 0. The first-order valence-corrected chi connectivity index (χ1v) is 7.33. The molecule has 8 heteroatoms. The molecule has 1 heterocycles. The smallest absolute Gasteiger partial charge is 0.411 e. The van der Waals surface area contributed by atoms with Gasteiger partial charge in [0.2, 0.25) is 0 Å².